The lowest BCUT2D eigenvalue weighted by molar-refractivity contribution is -0.123. The minimum absolute atomic E-state index is 0.108. The lowest BCUT2D eigenvalue weighted by atomic mass is 10.2. The number of anilines is 1. The number of hydrogen-bond donors (Lipinski definition) is 2. The maximum Gasteiger partial charge on any atom is 0.339 e. The number of likely N-dealkylation sites (N-methyl/N-ethyl adjacent to an activating group) is 1. The monoisotopic (exact) mass is 388 g/mol. The van der Waals surface area contributed by atoms with Gasteiger partial charge in [-0.3, -0.25) is 9.59 Å². The van der Waals surface area contributed by atoms with Gasteiger partial charge in [0.15, 0.2) is 6.61 Å². The zero-order valence-corrected chi connectivity index (χ0v) is 15.8. The van der Waals surface area contributed by atoms with Gasteiger partial charge in [0.05, 0.1) is 18.4 Å². The molecule has 0 spiro atoms. The van der Waals surface area contributed by atoms with Crippen molar-refractivity contribution in [3.63, 3.8) is 0 Å². The van der Waals surface area contributed by atoms with Crippen LogP contribution in [-0.2, 0) is 14.3 Å². The lowest BCUT2D eigenvalue weighted by Gasteiger charge is -2.10. The maximum atomic E-state index is 12.2. The molecule has 2 rings (SSSR count). The lowest BCUT2D eigenvalue weighted by Crippen LogP contribution is -2.25. The van der Waals surface area contributed by atoms with Gasteiger partial charge in [0, 0.05) is 23.7 Å². The van der Waals surface area contributed by atoms with E-state index >= 15 is 0 Å². The second-order valence-corrected chi connectivity index (χ2v) is 6.33. The van der Waals surface area contributed by atoms with Crippen molar-refractivity contribution in [1.82, 2.24) is 5.32 Å². The van der Waals surface area contributed by atoms with Crippen LogP contribution >= 0.6 is 11.8 Å². The molecule has 2 aromatic rings. The Hall–Kier alpha value is -3.00. The molecule has 0 aliphatic heterocycles. The summed E-state index contributed by atoms with van der Waals surface area (Å²) in [6.45, 7) is -0.356. The number of hydrogen-bond acceptors (Lipinski definition) is 6. The molecule has 0 unspecified atom stereocenters. The predicted molar refractivity (Wildman–Crippen MR) is 103 cm³/mol. The van der Waals surface area contributed by atoms with Crippen LogP contribution in [0.1, 0.15) is 10.4 Å². The third-order valence-corrected chi connectivity index (χ3v) is 4.51. The van der Waals surface area contributed by atoms with E-state index in [0.717, 1.165) is 0 Å². The molecule has 0 aliphatic rings. The average molecular weight is 388 g/mol. The van der Waals surface area contributed by atoms with Crippen LogP contribution in [0.3, 0.4) is 0 Å². The van der Waals surface area contributed by atoms with Crippen molar-refractivity contribution in [3.8, 4) is 5.75 Å². The van der Waals surface area contributed by atoms with Crippen LogP contribution < -0.4 is 15.4 Å². The molecule has 2 N–H and O–H groups in total. The summed E-state index contributed by atoms with van der Waals surface area (Å²) in [5.74, 6) is -0.482. The minimum atomic E-state index is -0.616. The van der Waals surface area contributed by atoms with E-state index in [1.54, 1.807) is 55.6 Å². The first-order valence-electron chi connectivity index (χ1n) is 8.07. The van der Waals surface area contributed by atoms with E-state index in [2.05, 4.69) is 10.6 Å². The zero-order chi connectivity index (χ0) is 19.6. The molecule has 0 atom stereocenters. The van der Waals surface area contributed by atoms with Crippen molar-refractivity contribution in [2.75, 3.05) is 31.8 Å². The van der Waals surface area contributed by atoms with Crippen LogP contribution in [0.4, 0.5) is 5.69 Å². The summed E-state index contributed by atoms with van der Waals surface area (Å²) in [5.41, 5.74) is 0.929. The Bertz CT molecular complexity index is 825. The third kappa shape index (κ3) is 6.34. The van der Waals surface area contributed by atoms with Gasteiger partial charge in [-0.1, -0.05) is 18.2 Å². The number of carbonyl (C=O) groups is 3. The molecule has 0 aromatic heterocycles. The van der Waals surface area contributed by atoms with E-state index in [4.69, 9.17) is 9.47 Å². The predicted octanol–water partition coefficient (Wildman–Crippen LogP) is 2.33. The van der Waals surface area contributed by atoms with E-state index in [-0.39, 0.29) is 18.3 Å². The quantitative estimate of drug-likeness (QED) is 0.533. The van der Waals surface area contributed by atoms with Gasteiger partial charge in [0.25, 0.3) is 5.91 Å². The normalized spacial score (nSPS) is 10.0. The van der Waals surface area contributed by atoms with Gasteiger partial charge < -0.3 is 20.1 Å². The highest BCUT2D eigenvalue weighted by Gasteiger charge is 2.15. The highest BCUT2D eigenvalue weighted by molar-refractivity contribution is 8.00. The van der Waals surface area contributed by atoms with Crippen molar-refractivity contribution in [1.29, 1.82) is 0 Å². The summed E-state index contributed by atoms with van der Waals surface area (Å²) in [5, 5.41) is 5.15. The molecule has 8 heteroatoms. The molecular formula is C19H20N2O5S. The van der Waals surface area contributed by atoms with Gasteiger partial charge >= 0.3 is 5.97 Å². The Morgan fingerprint density at radius 2 is 1.81 bits per heavy atom. The molecule has 0 bridgehead atoms. The van der Waals surface area contributed by atoms with Crippen LogP contribution in [0.2, 0.25) is 0 Å². The first-order chi connectivity index (χ1) is 13.0. The van der Waals surface area contributed by atoms with E-state index in [1.807, 2.05) is 0 Å². The standard InChI is InChI=1S/C19H20N2O5S/c1-20-17(22)11-26-19(24)15-8-3-4-9-16(15)27-12-18(23)21-13-6-5-7-14(10-13)25-2/h3-10H,11-12H2,1-2H3,(H,20,22)(H,21,23). The van der Waals surface area contributed by atoms with Gasteiger partial charge in [0.2, 0.25) is 5.91 Å². The Balaban J connectivity index is 1.96. The van der Waals surface area contributed by atoms with Crippen LogP contribution in [0.15, 0.2) is 53.4 Å². The van der Waals surface area contributed by atoms with Crippen molar-refractivity contribution < 1.29 is 23.9 Å². The van der Waals surface area contributed by atoms with Crippen molar-refractivity contribution in [3.05, 3.63) is 54.1 Å². The average Bonchev–Trinajstić information content (AvgIpc) is 2.70. The zero-order valence-electron chi connectivity index (χ0n) is 15.0. The number of esters is 1. The molecule has 0 fully saturated rings. The van der Waals surface area contributed by atoms with Gasteiger partial charge in [-0.05, 0) is 24.3 Å². The van der Waals surface area contributed by atoms with Crippen LogP contribution in [0.5, 0.6) is 5.75 Å². The maximum absolute atomic E-state index is 12.2. The molecule has 27 heavy (non-hydrogen) atoms. The Kier molecular flexibility index (Phi) is 7.69. The van der Waals surface area contributed by atoms with Crippen LogP contribution in [0.25, 0.3) is 0 Å². The molecule has 7 nitrogen and oxygen atoms in total. The summed E-state index contributed by atoms with van der Waals surface area (Å²) < 4.78 is 10.1. The summed E-state index contributed by atoms with van der Waals surface area (Å²) >= 11 is 1.21. The molecular weight excluding hydrogens is 368 g/mol. The SMILES string of the molecule is CNC(=O)COC(=O)c1ccccc1SCC(=O)Nc1cccc(OC)c1. The number of benzene rings is 2. The number of ether oxygens (including phenoxy) is 2. The molecule has 0 saturated heterocycles. The van der Waals surface area contributed by atoms with Gasteiger partial charge in [-0.15, -0.1) is 11.8 Å². The van der Waals surface area contributed by atoms with E-state index in [1.165, 1.54) is 18.8 Å². The summed E-state index contributed by atoms with van der Waals surface area (Å²) in [4.78, 5) is 36.1. The fourth-order valence-electron chi connectivity index (χ4n) is 2.08. The molecule has 0 heterocycles. The Labute approximate surface area is 161 Å². The van der Waals surface area contributed by atoms with Gasteiger partial charge in [-0.25, -0.2) is 4.79 Å². The number of amides is 2. The van der Waals surface area contributed by atoms with E-state index in [9.17, 15) is 14.4 Å². The Morgan fingerprint density at radius 1 is 1.04 bits per heavy atom. The number of rotatable bonds is 8. The second-order valence-electron chi connectivity index (χ2n) is 5.31. The summed E-state index contributed by atoms with van der Waals surface area (Å²) in [6.07, 6.45) is 0. The second kappa shape index (κ2) is 10.2. The van der Waals surface area contributed by atoms with Crippen molar-refractivity contribution >= 4 is 35.2 Å². The first kappa shape index (κ1) is 20.3. The fourth-order valence-corrected chi connectivity index (χ4v) is 2.92. The fraction of sp³-hybridized carbons (Fsp3) is 0.211. The summed E-state index contributed by atoms with van der Waals surface area (Å²) in [6, 6.07) is 13.8. The number of carbonyl (C=O) groups excluding carboxylic acids is 3. The first-order valence-corrected chi connectivity index (χ1v) is 9.05. The van der Waals surface area contributed by atoms with Crippen molar-refractivity contribution in [2.24, 2.45) is 0 Å². The number of thioether (sulfide) groups is 1. The van der Waals surface area contributed by atoms with E-state index < -0.39 is 11.9 Å². The van der Waals surface area contributed by atoms with Gasteiger partial charge in [-0.2, -0.15) is 0 Å². The molecule has 142 valence electrons. The van der Waals surface area contributed by atoms with Crippen LogP contribution in [0, 0.1) is 0 Å². The molecule has 0 aliphatic carbocycles. The van der Waals surface area contributed by atoms with Gasteiger partial charge in [0.1, 0.15) is 5.75 Å². The molecule has 2 aromatic carbocycles. The van der Waals surface area contributed by atoms with E-state index in [0.29, 0.717) is 21.9 Å². The largest absolute Gasteiger partial charge is 0.497 e. The minimum Gasteiger partial charge on any atom is -0.497 e. The Morgan fingerprint density at radius 3 is 2.56 bits per heavy atom. The summed E-state index contributed by atoms with van der Waals surface area (Å²) in [7, 11) is 3.01. The number of nitrogens with one attached hydrogen (secondary N) is 2. The highest BCUT2D eigenvalue weighted by Crippen LogP contribution is 2.24. The van der Waals surface area contributed by atoms with Crippen molar-refractivity contribution in [2.45, 2.75) is 4.90 Å². The number of methoxy groups -OCH3 is 1. The smallest absolute Gasteiger partial charge is 0.339 e. The molecule has 0 radical (unpaired) electrons. The topological polar surface area (TPSA) is 93.7 Å². The molecule has 0 saturated carbocycles. The third-order valence-electron chi connectivity index (χ3n) is 3.43. The molecule has 2 amide bonds. The van der Waals surface area contributed by atoms with Crippen LogP contribution in [-0.4, -0.2) is 44.3 Å². The highest BCUT2D eigenvalue weighted by atomic mass is 32.2.